The first-order valence-corrected chi connectivity index (χ1v) is 11.4. The van der Waals surface area contributed by atoms with E-state index in [4.69, 9.17) is 0 Å². The number of carbonyl (C=O) groups is 2. The minimum atomic E-state index is -0.203. The second-order valence-corrected chi connectivity index (χ2v) is 8.73. The number of hydrogen-bond acceptors (Lipinski definition) is 4. The second kappa shape index (κ2) is 10.3. The predicted octanol–water partition coefficient (Wildman–Crippen LogP) is 4.81. The molecule has 6 nitrogen and oxygen atoms in total. The quantitative estimate of drug-likeness (QED) is 0.575. The molecule has 0 atom stereocenters. The van der Waals surface area contributed by atoms with E-state index in [1.165, 1.54) is 12.8 Å². The zero-order valence-corrected chi connectivity index (χ0v) is 19.2. The van der Waals surface area contributed by atoms with Crippen molar-refractivity contribution in [2.75, 3.05) is 23.3 Å². The summed E-state index contributed by atoms with van der Waals surface area (Å²) in [5.41, 5.74) is 3.53. The minimum Gasteiger partial charge on any atom is -0.357 e. The number of nitrogens with zero attached hydrogens (tertiary/aromatic N) is 2. The fourth-order valence-electron chi connectivity index (χ4n) is 3.91. The zero-order valence-electron chi connectivity index (χ0n) is 19.2. The van der Waals surface area contributed by atoms with Crippen LogP contribution in [-0.4, -0.2) is 29.9 Å². The third-order valence-corrected chi connectivity index (χ3v) is 6.15. The third-order valence-electron chi connectivity index (χ3n) is 6.15. The second-order valence-electron chi connectivity index (χ2n) is 8.73. The van der Waals surface area contributed by atoms with Crippen LogP contribution in [0.25, 0.3) is 0 Å². The number of nitrogens with one attached hydrogen (secondary N) is 2. The van der Waals surface area contributed by atoms with Gasteiger partial charge in [0.05, 0.1) is 0 Å². The lowest BCUT2D eigenvalue weighted by Crippen LogP contribution is -2.33. The average Bonchev–Trinajstić information content (AvgIpc) is 2.85. The van der Waals surface area contributed by atoms with Gasteiger partial charge >= 0.3 is 0 Å². The van der Waals surface area contributed by atoms with Gasteiger partial charge in [0.25, 0.3) is 11.8 Å². The Kier molecular flexibility index (Phi) is 7.03. The monoisotopic (exact) mass is 442 g/mol. The number of amides is 2. The molecule has 0 unspecified atom stereocenters. The van der Waals surface area contributed by atoms with Gasteiger partial charge in [0, 0.05) is 42.6 Å². The van der Waals surface area contributed by atoms with E-state index >= 15 is 0 Å². The smallest absolute Gasteiger partial charge is 0.255 e. The normalized spacial score (nSPS) is 14.1. The van der Waals surface area contributed by atoms with Gasteiger partial charge in [-0.25, -0.2) is 4.98 Å². The highest BCUT2D eigenvalue weighted by Gasteiger charge is 2.17. The standard InChI is InChI=1S/C27H30N4O2/c1-19-12-14-31(15-13-19)25-11-9-21(17-28-25)18-29-26(32)23-10-8-20(2)24(16-23)30-27(33)22-6-4-3-5-7-22/h3-11,16-17,19H,12-15,18H2,1-2H3,(H,29,32)(H,30,33). The molecular weight excluding hydrogens is 412 g/mol. The number of rotatable bonds is 6. The van der Waals surface area contributed by atoms with Crippen molar-refractivity contribution < 1.29 is 9.59 Å². The number of anilines is 2. The first-order chi connectivity index (χ1) is 16.0. The molecule has 1 aromatic heterocycles. The van der Waals surface area contributed by atoms with Gasteiger partial charge in [-0.15, -0.1) is 0 Å². The topological polar surface area (TPSA) is 74.3 Å². The number of piperidine rings is 1. The van der Waals surface area contributed by atoms with E-state index in [0.29, 0.717) is 23.4 Å². The summed E-state index contributed by atoms with van der Waals surface area (Å²) in [6, 6.07) is 18.4. The van der Waals surface area contributed by atoms with Crippen LogP contribution in [0, 0.1) is 12.8 Å². The molecule has 0 bridgehead atoms. The molecule has 1 aliphatic heterocycles. The molecule has 2 heterocycles. The Balaban J connectivity index is 1.35. The summed E-state index contributed by atoms with van der Waals surface area (Å²) in [5.74, 6) is 1.38. The fraction of sp³-hybridized carbons (Fsp3) is 0.296. The van der Waals surface area contributed by atoms with Crippen LogP contribution in [-0.2, 0) is 6.54 Å². The van der Waals surface area contributed by atoms with Crippen LogP contribution in [0.15, 0.2) is 66.9 Å². The van der Waals surface area contributed by atoms with Crippen molar-refractivity contribution in [3.05, 3.63) is 89.1 Å². The molecule has 0 spiro atoms. The number of pyridine rings is 1. The van der Waals surface area contributed by atoms with Crippen LogP contribution in [0.1, 0.15) is 51.6 Å². The van der Waals surface area contributed by atoms with Gasteiger partial charge in [-0.2, -0.15) is 0 Å². The highest BCUT2D eigenvalue weighted by molar-refractivity contribution is 6.05. The number of carbonyl (C=O) groups excluding carboxylic acids is 2. The molecule has 170 valence electrons. The lowest BCUT2D eigenvalue weighted by atomic mass is 9.99. The van der Waals surface area contributed by atoms with Crippen LogP contribution in [0.4, 0.5) is 11.5 Å². The van der Waals surface area contributed by atoms with Crippen molar-refractivity contribution in [2.24, 2.45) is 5.92 Å². The molecule has 0 radical (unpaired) electrons. The maximum absolute atomic E-state index is 12.7. The molecule has 2 aromatic carbocycles. The minimum absolute atomic E-state index is 0.195. The van der Waals surface area contributed by atoms with Gasteiger partial charge in [-0.1, -0.05) is 37.3 Å². The van der Waals surface area contributed by atoms with Crippen molar-refractivity contribution >= 4 is 23.3 Å². The van der Waals surface area contributed by atoms with E-state index in [9.17, 15) is 9.59 Å². The summed E-state index contributed by atoms with van der Waals surface area (Å²) in [6.45, 7) is 6.67. The lowest BCUT2D eigenvalue weighted by Gasteiger charge is -2.31. The van der Waals surface area contributed by atoms with Crippen LogP contribution < -0.4 is 15.5 Å². The van der Waals surface area contributed by atoms with E-state index in [1.807, 2.05) is 49.5 Å². The van der Waals surface area contributed by atoms with E-state index < -0.39 is 0 Å². The Morgan fingerprint density at radius 3 is 2.42 bits per heavy atom. The molecule has 1 fully saturated rings. The van der Waals surface area contributed by atoms with Crippen LogP contribution >= 0.6 is 0 Å². The molecular formula is C27H30N4O2. The van der Waals surface area contributed by atoms with Crippen LogP contribution in [0.2, 0.25) is 0 Å². The van der Waals surface area contributed by atoms with E-state index in [1.54, 1.807) is 24.3 Å². The Hall–Kier alpha value is -3.67. The molecule has 1 aliphatic rings. The molecule has 0 saturated carbocycles. The van der Waals surface area contributed by atoms with E-state index in [-0.39, 0.29) is 11.8 Å². The van der Waals surface area contributed by atoms with Gasteiger partial charge in [0.1, 0.15) is 5.82 Å². The maximum atomic E-state index is 12.7. The molecule has 4 rings (SSSR count). The third kappa shape index (κ3) is 5.77. The first kappa shape index (κ1) is 22.5. The SMILES string of the molecule is Cc1ccc(C(=O)NCc2ccc(N3CCC(C)CC3)nc2)cc1NC(=O)c1ccccc1. The summed E-state index contributed by atoms with van der Waals surface area (Å²) in [4.78, 5) is 32.1. The van der Waals surface area contributed by atoms with Crippen molar-refractivity contribution in [2.45, 2.75) is 33.2 Å². The van der Waals surface area contributed by atoms with E-state index in [0.717, 1.165) is 36.0 Å². The Labute approximate surface area is 195 Å². The number of aromatic nitrogens is 1. The molecule has 1 saturated heterocycles. The van der Waals surface area contributed by atoms with Crippen molar-refractivity contribution in [1.29, 1.82) is 0 Å². The van der Waals surface area contributed by atoms with Gasteiger partial charge in [-0.05, 0) is 67.1 Å². The van der Waals surface area contributed by atoms with Crippen molar-refractivity contribution in [1.82, 2.24) is 10.3 Å². The number of hydrogen-bond donors (Lipinski definition) is 2. The Morgan fingerprint density at radius 2 is 1.73 bits per heavy atom. The van der Waals surface area contributed by atoms with E-state index in [2.05, 4.69) is 27.4 Å². The van der Waals surface area contributed by atoms with Crippen LogP contribution in [0.5, 0.6) is 0 Å². The summed E-state index contributed by atoms with van der Waals surface area (Å²) in [6.07, 6.45) is 4.22. The largest absolute Gasteiger partial charge is 0.357 e. The Bertz CT molecular complexity index is 1100. The predicted molar refractivity (Wildman–Crippen MR) is 132 cm³/mol. The maximum Gasteiger partial charge on any atom is 0.255 e. The highest BCUT2D eigenvalue weighted by Crippen LogP contribution is 2.21. The highest BCUT2D eigenvalue weighted by atomic mass is 16.2. The average molecular weight is 443 g/mol. The van der Waals surface area contributed by atoms with Gasteiger partial charge in [0.2, 0.25) is 0 Å². The number of aryl methyl sites for hydroxylation is 1. The molecule has 2 N–H and O–H groups in total. The van der Waals surface area contributed by atoms with Crippen molar-refractivity contribution in [3.63, 3.8) is 0 Å². The molecule has 33 heavy (non-hydrogen) atoms. The summed E-state index contributed by atoms with van der Waals surface area (Å²) >= 11 is 0. The van der Waals surface area contributed by atoms with Gasteiger partial charge in [-0.3, -0.25) is 9.59 Å². The molecule has 2 amide bonds. The first-order valence-electron chi connectivity index (χ1n) is 11.4. The summed E-state index contributed by atoms with van der Waals surface area (Å²) in [5, 5.41) is 5.85. The lowest BCUT2D eigenvalue weighted by molar-refractivity contribution is 0.0949. The van der Waals surface area contributed by atoms with Crippen molar-refractivity contribution in [3.8, 4) is 0 Å². The molecule has 3 aromatic rings. The molecule has 6 heteroatoms. The van der Waals surface area contributed by atoms with Crippen LogP contribution in [0.3, 0.4) is 0 Å². The summed E-state index contributed by atoms with van der Waals surface area (Å²) < 4.78 is 0. The Morgan fingerprint density at radius 1 is 0.970 bits per heavy atom. The zero-order chi connectivity index (χ0) is 23.2. The summed E-state index contributed by atoms with van der Waals surface area (Å²) in [7, 11) is 0. The van der Waals surface area contributed by atoms with Gasteiger partial charge in [0.15, 0.2) is 0 Å². The number of benzene rings is 2. The molecule has 0 aliphatic carbocycles. The fourth-order valence-corrected chi connectivity index (χ4v) is 3.91. The van der Waals surface area contributed by atoms with Gasteiger partial charge < -0.3 is 15.5 Å².